The highest BCUT2D eigenvalue weighted by Gasteiger charge is 1.88. The number of hydrogen-bond donors (Lipinski definition) is 0. The maximum atomic E-state index is 3.99. The quantitative estimate of drug-likeness (QED) is 0.698. The van der Waals surface area contributed by atoms with Gasteiger partial charge in [0.1, 0.15) is 0 Å². The lowest BCUT2D eigenvalue weighted by molar-refractivity contribution is 1.29. The average molecular weight is 259 g/mol. The van der Waals surface area contributed by atoms with Crippen LogP contribution in [0.15, 0.2) is 9.98 Å². The van der Waals surface area contributed by atoms with E-state index in [0.717, 1.165) is 8.79 Å². The molecule has 0 fully saturated rings. The van der Waals surface area contributed by atoms with Crippen LogP contribution in [0, 0.1) is 6.92 Å². The molecule has 0 aliphatic rings. The zero-order chi connectivity index (χ0) is 5.28. The number of halogens is 2. The summed E-state index contributed by atoms with van der Waals surface area (Å²) in [4.78, 5) is 3.99. The third kappa shape index (κ3) is 2.24. The summed E-state index contributed by atoms with van der Waals surface area (Å²) in [5, 5.41) is 1.10. The van der Waals surface area contributed by atoms with E-state index in [1.807, 2.05) is 6.92 Å². The minimum Gasteiger partial charge on any atom is -0.249 e. The highest BCUT2D eigenvalue weighted by atomic mass is 79.9. The summed E-state index contributed by atoms with van der Waals surface area (Å²) < 4.78 is 1.10. The Morgan fingerprint density at radius 1 is 1.75 bits per heavy atom. The average Bonchev–Trinajstić information content (AvgIpc) is 1.87. The Hall–Kier alpha value is 0.590. The first kappa shape index (κ1) is 8.59. The number of thiazole rings is 1. The Morgan fingerprint density at radius 2 is 2.38 bits per heavy atom. The molecule has 4 heteroatoms. The summed E-state index contributed by atoms with van der Waals surface area (Å²) in [6.45, 7) is 1.98. The van der Waals surface area contributed by atoms with E-state index in [4.69, 9.17) is 0 Å². The molecular weight excluding hydrogens is 254 g/mol. The predicted molar refractivity (Wildman–Crippen MR) is 44.9 cm³/mol. The van der Waals surface area contributed by atoms with E-state index in [9.17, 15) is 0 Å². The molecule has 0 aromatic carbocycles. The molecule has 0 unspecified atom stereocenters. The van der Waals surface area contributed by atoms with Crippen molar-refractivity contribution in [1.29, 1.82) is 0 Å². The zero-order valence-electron chi connectivity index (χ0n) is 4.22. The second-order valence-corrected chi connectivity index (χ2v) is 3.80. The lowest BCUT2D eigenvalue weighted by Gasteiger charge is -1.67. The van der Waals surface area contributed by atoms with Crippen LogP contribution in [0.4, 0.5) is 0 Å². The topological polar surface area (TPSA) is 12.9 Å². The molecule has 1 heterocycles. The maximum Gasteiger partial charge on any atom is 0.0905 e. The van der Waals surface area contributed by atoms with Crippen LogP contribution in [0.25, 0.3) is 0 Å². The minimum atomic E-state index is 0. The first-order valence-electron chi connectivity index (χ1n) is 1.87. The van der Waals surface area contributed by atoms with Gasteiger partial charge in [0.25, 0.3) is 0 Å². The van der Waals surface area contributed by atoms with E-state index in [-0.39, 0.29) is 17.0 Å². The van der Waals surface area contributed by atoms with Crippen LogP contribution in [0.2, 0.25) is 0 Å². The van der Waals surface area contributed by atoms with Crippen LogP contribution < -0.4 is 0 Å². The summed E-state index contributed by atoms with van der Waals surface area (Å²) in [5.74, 6) is 0. The number of rotatable bonds is 0. The van der Waals surface area contributed by atoms with Crippen molar-refractivity contribution in [3.05, 3.63) is 15.0 Å². The molecule has 0 amide bonds. The van der Waals surface area contributed by atoms with E-state index in [0.29, 0.717) is 0 Å². The smallest absolute Gasteiger partial charge is 0.0905 e. The third-order valence-electron chi connectivity index (χ3n) is 0.593. The van der Waals surface area contributed by atoms with Gasteiger partial charge in [-0.2, -0.15) is 0 Å². The molecule has 0 atom stereocenters. The minimum absolute atomic E-state index is 0. The van der Waals surface area contributed by atoms with Crippen molar-refractivity contribution in [3.8, 4) is 0 Å². The van der Waals surface area contributed by atoms with Crippen LogP contribution in [-0.2, 0) is 0 Å². The summed E-state index contributed by atoms with van der Waals surface area (Å²) in [6.07, 6.45) is 1.81. The maximum absolute atomic E-state index is 3.99. The Balaban J connectivity index is 0.000000490. The van der Waals surface area contributed by atoms with Crippen LogP contribution in [0.1, 0.15) is 5.01 Å². The summed E-state index contributed by atoms with van der Waals surface area (Å²) in [7, 11) is 0. The SMILES string of the molecule is Br.Cc1ncc(Br)s1. The molecule has 0 aliphatic heterocycles. The van der Waals surface area contributed by atoms with Crippen LogP contribution in [0.5, 0.6) is 0 Å². The highest BCUT2D eigenvalue weighted by molar-refractivity contribution is 9.11. The number of aromatic nitrogens is 1. The molecule has 0 spiro atoms. The van der Waals surface area contributed by atoms with Crippen molar-refractivity contribution in [3.63, 3.8) is 0 Å². The van der Waals surface area contributed by atoms with Crippen LogP contribution in [-0.4, -0.2) is 4.98 Å². The Labute approximate surface area is 71.0 Å². The zero-order valence-corrected chi connectivity index (χ0v) is 8.33. The molecule has 1 aromatic heterocycles. The van der Waals surface area contributed by atoms with Gasteiger partial charge in [0.2, 0.25) is 0 Å². The van der Waals surface area contributed by atoms with E-state index in [1.165, 1.54) is 0 Å². The van der Waals surface area contributed by atoms with E-state index >= 15 is 0 Å². The van der Waals surface area contributed by atoms with E-state index < -0.39 is 0 Å². The fraction of sp³-hybridized carbons (Fsp3) is 0.250. The van der Waals surface area contributed by atoms with Gasteiger partial charge in [-0.3, -0.25) is 0 Å². The monoisotopic (exact) mass is 257 g/mol. The Bertz CT molecular complexity index is 146. The van der Waals surface area contributed by atoms with Crippen molar-refractivity contribution in [2.24, 2.45) is 0 Å². The van der Waals surface area contributed by atoms with E-state index in [2.05, 4.69) is 20.9 Å². The van der Waals surface area contributed by atoms with Gasteiger partial charge in [-0.25, -0.2) is 4.98 Å². The fourth-order valence-corrected chi connectivity index (χ4v) is 1.63. The van der Waals surface area contributed by atoms with Gasteiger partial charge in [0, 0.05) is 0 Å². The third-order valence-corrected chi connectivity index (χ3v) is 1.98. The summed E-state index contributed by atoms with van der Waals surface area (Å²) in [5.41, 5.74) is 0. The standard InChI is InChI=1S/C4H4BrNS.BrH/c1-3-6-2-4(5)7-3;/h2H,1H3;1H. The number of nitrogens with zero attached hydrogens (tertiary/aromatic N) is 1. The predicted octanol–water partition coefficient (Wildman–Crippen LogP) is 2.79. The van der Waals surface area contributed by atoms with Gasteiger partial charge < -0.3 is 0 Å². The lowest BCUT2D eigenvalue weighted by atomic mass is 10.8. The van der Waals surface area contributed by atoms with Crippen molar-refractivity contribution < 1.29 is 0 Å². The fourth-order valence-electron chi connectivity index (χ4n) is 0.335. The summed E-state index contributed by atoms with van der Waals surface area (Å²) >= 11 is 4.94. The van der Waals surface area contributed by atoms with Crippen molar-refractivity contribution in [1.82, 2.24) is 4.98 Å². The van der Waals surface area contributed by atoms with Gasteiger partial charge in [-0.1, -0.05) is 0 Å². The van der Waals surface area contributed by atoms with Crippen molar-refractivity contribution in [2.75, 3.05) is 0 Å². The largest absolute Gasteiger partial charge is 0.249 e. The van der Waals surface area contributed by atoms with Gasteiger partial charge in [0.15, 0.2) is 0 Å². The van der Waals surface area contributed by atoms with Crippen LogP contribution in [0.3, 0.4) is 0 Å². The molecule has 0 N–H and O–H groups in total. The van der Waals surface area contributed by atoms with Gasteiger partial charge in [-0.15, -0.1) is 28.3 Å². The molecular formula is C4H5Br2NS. The molecule has 1 aromatic rings. The second kappa shape index (κ2) is 3.58. The Kier molecular flexibility index (Phi) is 3.85. The summed E-state index contributed by atoms with van der Waals surface area (Å²) in [6, 6.07) is 0. The molecule has 0 bridgehead atoms. The first-order valence-corrected chi connectivity index (χ1v) is 3.48. The molecule has 1 nitrogen and oxygen atoms in total. The highest BCUT2D eigenvalue weighted by Crippen LogP contribution is 2.17. The van der Waals surface area contributed by atoms with Gasteiger partial charge in [0.05, 0.1) is 15.0 Å². The molecule has 0 saturated heterocycles. The van der Waals surface area contributed by atoms with Crippen molar-refractivity contribution >= 4 is 44.2 Å². The van der Waals surface area contributed by atoms with Crippen LogP contribution >= 0.6 is 44.2 Å². The molecule has 46 valence electrons. The number of hydrogen-bond acceptors (Lipinski definition) is 2. The number of aryl methyl sites for hydroxylation is 1. The second-order valence-electron chi connectivity index (χ2n) is 1.18. The normalized spacial score (nSPS) is 8.25. The molecule has 0 aliphatic carbocycles. The van der Waals surface area contributed by atoms with Crippen molar-refractivity contribution in [2.45, 2.75) is 6.92 Å². The molecule has 0 radical (unpaired) electrons. The lowest BCUT2D eigenvalue weighted by Crippen LogP contribution is -1.56. The molecule has 8 heavy (non-hydrogen) atoms. The van der Waals surface area contributed by atoms with Gasteiger partial charge in [-0.05, 0) is 22.9 Å². The Morgan fingerprint density at radius 3 is 2.50 bits per heavy atom. The molecule has 0 saturated carbocycles. The van der Waals surface area contributed by atoms with Gasteiger partial charge >= 0.3 is 0 Å². The first-order chi connectivity index (χ1) is 3.29. The molecule has 1 rings (SSSR count). The van der Waals surface area contributed by atoms with E-state index in [1.54, 1.807) is 17.5 Å².